The molecule has 2 aromatic heterocycles. The van der Waals surface area contributed by atoms with Crippen molar-refractivity contribution in [2.24, 2.45) is 0 Å². The first-order valence-electron chi connectivity index (χ1n) is 6.39. The quantitative estimate of drug-likeness (QED) is 0.681. The van der Waals surface area contributed by atoms with Crippen molar-refractivity contribution in [3.05, 3.63) is 59.1 Å². The van der Waals surface area contributed by atoms with E-state index in [9.17, 15) is 4.79 Å². The van der Waals surface area contributed by atoms with Crippen molar-refractivity contribution < 1.29 is 9.53 Å². The molecular weight excluding hydrogens is 270 g/mol. The second kappa shape index (κ2) is 5.43. The number of pyridine rings is 1. The maximum absolute atomic E-state index is 12.6. The van der Waals surface area contributed by atoms with Crippen molar-refractivity contribution in [1.82, 2.24) is 4.98 Å². The number of para-hydroxylation sites is 1. The minimum atomic E-state index is -0.0585. The molecular formula is C16H13NO2S. The lowest BCUT2D eigenvalue weighted by molar-refractivity contribution is 0.103. The van der Waals surface area contributed by atoms with Crippen molar-refractivity contribution in [3.63, 3.8) is 0 Å². The third-order valence-electron chi connectivity index (χ3n) is 3.00. The molecule has 3 nitrogen and oxygen atoms in total. The number of nitrogens with zero attached hydrogens (tertiary/aromatic N) is 1. The molecule has 0 spiro atoms. The third kappa shape index (κ3) is 2.30. The fourth-order valence-electron chi connectivity index (χ4n) is 2.06. The van der Waals surface area contributed by atoms with Crippen LogP contribution >= 0.6 is 11.3 Å². The number of benzene rings is 1. The molecule has 0 saturated carbocycles. The molecule has 0 atom stereocenters. The summed E-state index contributed by atoms with van der Waals surface area (Å²) in [5.74, 6) is 0.558. The molecule has 0 aliphatic rings. The summed E-state index contributed by atoms with van der Waals surface area (Å²) in [5.41, 5.74) is 2.09. The highest BCUT2D eigenvalue weighted by Crippen LogP contribution is 2.24. The number of hydrogen-bond acceptors (Lipinski definition) is 4. The summed E-state index contributed by atoms with van der Waals surface area (Å²) in [6.45, 7) is 2.44. The molecule has 0 amide bonds. The summed E-state index contributed by atoms with van der Waals surface area (Å²) in [4.78, 5) is 16.9. The summed E-state index contributed by atoms with van der Waals surface area (Å²) < 4.78 is 6.53. The standard InChI is InChI=1S/C16H13NO2S/c1-2-19-14-6-4-3-5-12(14)16(18)11-9-15-13(17-10-11)7-8-20-15/h3-10H,2H2,1H3. The van der Waals surface area contributed by atoms with Crippen LogP contribution in [0.1, 0.15) is 22.8 Å². The lowest BCUT2D eigenvalue weighted by atomic mass is 10.0. The number of carbonyl (C=O) groups excluding carboxylic acids is 1. The van der Waals surface area contributed by atoms with E-state index in [1.54, 1.807) is 23.6 Å². The van der Waals surface area contributed by atoms with Gasteiger partial charge in [-0.1, -0.05) is 12.1 Å². The molecule has 1 aromatic carbocycles. The van der Waals surface area contributed by atoms with Crippen molar-refractivity contribution in [2.75, 3.05) is 6.61 Å². The summed E-state index contributed by atoms with van der Waals surface area (Å²) in [7, 11) is 0. The number of aromatic nitrogens is 1. The van der Waals surface area contributed by atoms with Gasteiger partial charge in [-0.15, -0.1) is 11.3 Å². The van der Waals surface area contributed by atoms with Crippen LogP contribution in [0.5, 0.6) is 5.75 Å². The van der Waals surface area contributed by atoms with E-state index in [0.717, 1.165) is 10.2 Å². The Balaban J connectivity index is 2.03. The largest absolute Gasteiger partial charge is 0.493 e. The number of thiophene rings is 1. The van der Waals surface area contributed by atoms with Crippen LogP contribution in [0.3, 0.4) is 0 Å². The Morgan fingerprint density at radius 2 is 2.15 bits per heavy atom. The average Bonchev–Trinajstić information content (AvgIpc) is 2.95. The normalized spacial score (nSPS) is 10.7. The van der Waals surface area contributed by atoms with Crippen LogP contribution in [0.2, 0.25) is 0 Å². The summed E-state index contributed by atoms with van der Waals surface area (Å²) in [6, 6.07) is 11.1. The number of fused-ring (bicyclic) bond motifs is 1. The monoisotopic (exact) mass is 283 g/mol. The first-order chi connectivity index (χ1) is 9.79. The Morgan fingerprint density at radius 3 is 3.00 bits per heavy atom. The van der Waals surface area contributed by atoms with Crippen molar-refractivity contribution >= 4 is 27.3 Å². The Hall–Kier alpha value is -2.20. The molecule has 0 N–H and O–H groups in total. The minimum absolute atomic E-state index is 0.0585. The van der Waals surface area contributed by atoms with E-state index in [2.05, 4.69) is 4.98 Å². The Morgan fingerprint density at radius 1 is 1.30 bits per heavy atom. The van der Waals surface area contributed by atoms with Crippen LogP contribution in [-0.4, -0.2) is 17.4 Å². The van der Waals surface area contributed by atoms with Gasteiger partial charge in [-0.05, 0) is 36.6 Å². The highest BCUT2D eigenvalue weighted by molar-refractivity contribution is 7.17. The average molecular weight is 283 g/mol. The van der Waals surface area contributed by atoms with Gasteiger partial charge in [0.2, 0.25) is 0 Å². The lowest BCUT2D eigenvalue weighted by Gasteiger charge is -2.08. The van der Waals surface area contributed by atoms with Crippen LogP contribution in [0, 0.1) is 0 Å². The number of rotatable bonds is 4. The summed E-state index contributed by atoms with van der Waals surface area (Å²) in [5, 5.41) is 1.97. The van der Waals surface area contributed by atoms with Crippen LogP contribution < -0.4 is 4.74 Å². The van der Waals surface area contributed by atoms with Crippen molar-refractivity contribution in [3.8, 4) is 5.75 Å². The van der Waals surface area contributed by atoms with E-state index in [1.807, 2.05) is 42.6 Å². The second-order valence-electron chi connectivity index (χ2n) is 4.29. The molecule has 0 fully saturated rings. The van der Waals surface area contributed by atoms with Gasteiger partial charge in [-0.3, -0.25) is 9.78 Å². The molecule has 100 valence electrons. The highest BCUT2D eigenvalue weighted by Gasteiger charge is 2.15. The molecule has 0 aliphatic carbocycles. The molecule has 3 aromatic rings. The molecule has 0 bridgehead atoms. The second-order valence-corrected chi connectivity index (χ2v) is 5.23. The van der Waals surface area contributed by atoms with Gasteiger partial charge in [0.1, 0.15) is 5.75 Å². The maximum Gasteiger partial charge on any atom is 0.198 e. The van der Waals surface area contributed by atoms with E-state index in [-0.39, 0.29) is 5.78 Å². The van der Waals surface area contributed by atoms with Gasteiger partial charge in [0, 0.05) is 11.8 Å². The molecule has 4 heteroatoms. The van der Waals surface area contributed by atoms with E-state index < -0.39 is 0 Å². The SMILES string of the molecule is CCOc1ccccc1C(=O)c1cnc2ccsc2c1. The van der Waals surface area contributed by atoms with Crippen LogP contribution in [0.4, 0.5) is 0 Å². The number of carbonyl (C=O) groups is 1. The zero-order valence-electron chi connectivity index (χ0n) is 11.0. The van der Waals surface area contributed by atoms with Gasteiger partial charge < -0.3 is 4.74 Å². The molecule has 3 rings (SSSR count). The number of hydrogen-bond donors (Lipinski definition) is 0. The van der Waals surface area contributed by atoms with E-state index in [0.29, 0.717) is 23.5 Å². The number of ether oxygens (including phenoxy) is 1. The minimum Gasteiger partial charge on any atom is -0.493 e. The predicted octanol–water partition coefficient (Wildman–Crippen LogP) is 3.93. The van der Waals surface area contributed by atoms with E-state index in [4.69, 9.17) is 4.74 Å². The Labute approximate surface area is 120 Å². The lowest BCUT2D eigenvalue weighted by Crippen LogP contribution is -2.05. The zero-order valence-corrected chi connectivity index (χ0v) is 11.8. The third-order valence-corrected chi connectivity index (χ3v) is 3.85. The van der Waals surface area contributed by atoms with Gasteiger partial charge >= 0.3 is 0 Å². The molecule has 0 aliphatic heterocycles. The molecule has 0 radical (unpaired) electrons. The Bertz CT molecular complexity index is 764. The fraction of sp³-hybridized carbons (Fsp3) is 0.125. The molecule has 20 heavy (non-hydrogen) atoms. The smallest absolute Gasteiger partial charge is 0.198 e. The van der Waals surface area contributed by atoms with Crippen LogP contribution in [0.25, 0.3) is 10.2 Å². The van der Waals surface area contributed by atoms with Gasteiger partial charge in [-0.25, -0.2) is 0 Å². The van der Waals surface area contributed by atoms with Crippen molar-refractivity contribution in [2.45, 2.75) is 6.92 Å². The molecule has 0 saturated heterocycles. The first-order valence-corrected chi connectivity index (χ1v) is 7.27. The topological polar surface area (TPSA) is 39.2 Å². The van der Waals surface area contributed by atoms with Gasteiger partial charge in [0.05, 0.1) is 22.4 Å². The van der Waals surface area contributed by atoms with Crippen LogP contribution in [0.15, 0.2) is 48.0 Å². The predicted molar refractivity (Wildman–Crippen MR) is 80.7 cm³/mol. The summed E-state index contributed by atoms with van der Waals surface area (Å²) in [6.07, 6.45) is 1.63. The Kier molecular flexibility index (Phi) is 3.48. The van der Waals surface area contributed by atoms with Gasteiger partial charge in [0.25, 0.3) is 0 Å². The van der Waals surface area contributed by atoms with Crippen molar-refractivity contribution in [1.29, 1.82) is 0 Å². The van der Waals surface area contributed by atoms with Gasteiger partial charge in [0.15, 0.2) is 5.78 Å². The highest BCUT2D eigenvalue weighted by atomic mass is 32.1. The molecule has 2 heterocycles. The fourth-order valence-corrected chi connectivity index (χ4v) is 2.84. The van der Waals surface area contributed by atoms with E-state index in [1.165, 1.54) is 0 Å². The first kappa shape index (κ1) is 12.8. The molecule has 0 unspecified atom stereocenters. The number of ketones is 1. The van der Waals surface area contributed by atoms with Gasteiger partial charge in [-0.2, -0.15) is 0 Å². The maximum atomic E-state index is 12.6. The zero-order chi connectivity index (χ0) is 13.9. The van der Waals surface area contributed by atoms with Crippen LogP contribution in [-0.2, 0) is 0 Å². The summed E-state index contributed by atoms with van der Waals surface area (Å²) >= 11 is 1.58. The van der Waals surface area contributed by atoms with E-state index >= 15 is 0 Å².